The van der Waals surface area contributed by atoms with Gasteiger partial charge in [-0.1, -0.05) is 42.5 Å². The maximum Gasteiger partial charge on any atom is 0.310 e. The SMILES string of the molecule is CCOC(=O)Cc1ccccc1OCc1nn(C(C)C)c2ccc(-c3cccc(-c4cn[nH]c4)c3)cc12. The van der Waals surface area contributed by atoms with Crippen LogP contribution < -0.4 is 4.74 Å². The average Bonchev–Trinajstić information content (AvgIpc) is 3.57. The molecule has 2 aromatic heterocycles. The number of nitrogens with zero attached hydrogens (tertiary/aromatic N) is 3. The molecule has 0 spiro atoms. The summed E-state index contributed by atoms with van der Waals surface area (Å²) in [6.07, 6.45) is 3.89. The second kappa shape index (κ2) is 10.7. The van der Waals surface area contributed by atoms with E-state index >= 15 is 0 Å². The number of carbonyl (C=O) groups excluding carboxylic acids is 1. The van der Waals surface area contributed by atoms with Gasteiger partial charge in [-0.2, -0.15) is 10.2 Å². The summed E-state index contributed by atoms with van der Waals surface area (Å²) in [4.78, 5) is 12.1. The van der Waals surface area contributed by atoms with Crippen molar-refractivity contribution < 1.29 is 14.3 Å². The molecular formula is C30H30N4O3. The maximum atomic E-state index is 12.1. The third kappa shape index (κ3) is 5.26. The van der Waals surface area contributed by atoms with Crippen LogP contribution in [-0.2, 0) is 22.6 Å². The topological polar surface area (TPSA) is 82.0 Å². The molecule has 0 bridgehead atoms. The summed E-state index contributed by atoms with van der Waals surface area (Å²) in [5, 5.41) is 12.9. The molecule has 0 unspecified atom stereocenters. The van der Waals surface area contributed by atoms with Crippen LogP contribution >= 0.6 is 0 Å². The molecule has 5 rings (SSSR count). The van der Waals surface area contributed by atoms with Gasteiger partial charge in [-0.05, 0) is 61.7 Å². The molecule has 7 nitrogen and oxygen atoms in total. The summed E-state index contributed by atoms with van der Waals surface area (Å²) >= 11 is 0. The number of benzene rings is 3. The van der Waals surface area contributed by atoms with E-state index in [0.717, 1.165) is 44.4 Å². The van der Waals surface area contributed by atoms with Crippen LogP contribution in [0.3, 0.4) is 0 Å². The summed E-state index contributed by atoms with van der Waals surface area (Å²) in [6.45, 7) is 6.68. The Hall–Kier alpha value is -4.39. The lowest BCUT2D eigenvalue weighted by atomic mass is 9.99. The Morgan fingerprint density at radius 1 is 0.973 bits per heavy atom. The first-order valence-electron chi connectivity index (χ1n) is 12.5. The van der Waals surface area contributed by atoms with Crippen molar-refractivity contribution in [2.24, 2.45) is 0 Å². The van der Waals surface area contributed by atoms with E-state index in [-0.39, 0.29) is 25.0 Å². The zero-order valence-electron chi connectivity index (χ0n) is 21.3. The molecule has 0 saturated carbocycles. The fourth-order valence-electron chi connectivity index (χ4n) is 4.48. The highest BCUT2D eigenvalue weighted by Gasteiger charge is 2.16. The number of esters is 1. The van der Waals surface area contributed by atoms with Gasteiger partial charge in [0.05, 0.1) is 24.7 Å². The van der Waals surface area contributed by atoms with Gasteiger partial charge in [0, 0.05) is 28.8 Å². The van der Waals surface area contributed by atoms with E-state index in [2.05, 4.69) is 66.5 Å². The Kier molecular flexibility index (Phi) is 7.03. The van der Waals surface area contributed by atoms with Crippen molar-refractivity contribution in [1.82, 2.24) is 20.0 Å². The number of aromatic amines is 1. The Morgan fingerprint density at radius 3 is 2.51 bits per heavy atom. The Morgan fingerprint density at radius 2 is 1.76 bits per heavy atom. The van der Waals surface area contributed by atoms with E-state index < -0.39 is 0 Å². The van der Waals surface area contributed by atoms with Gasteiger partial charge in [0.1, 0.15) is 18.1 Å². The predicted molar refractivity (Wildman–Crippen MR) is 144 cm³/mol. The minimum atomic E-state index is -0.268. The van der Waals surface area contributed by atoms with Crippen molar-refractivity contribution in [3.63, 3.8) is 0 Å². The first-order chi connectivity index (χ1) is 18.0. The Bertz CT molecular complexity index is 1520. The molecule has 0 atom stereocenters. The maximum absolute atomic E-state index is 12.1. The molecule has 0 amide bonds. The quantitative estimate of drug-likeness (QED) is 0.241. The van der Waals surface area contributed by atoms with E-state index in [1.165, 1.54) is 0 Å². The number of nitrogens with one attached hydrogen (secondary N) is 1. The van der Waals surface area contributed by atoms with Crippen LogP contribution in [0.15, 0.2) is 79.1 Å². The second-order valence-corrected chi connectivity index (χ2v) is 9.16. The summed E-state index contributed by atoms with van der Waals surface area (Å²) in [5.41, 5.74) is 7.07. The van der Waals surface area contributed by atoms with Crippen molar-refractivity contribution in [1.29, 1.82) is 0 Å². The number of para-hydroxylation sites is 1. The molecule has 0 aliphatic rings. The Labute approximate surface area is 216 Å². The van der Waals surface area contributed by atoms with E-state index in [1.807, 2.05) is 41.3 Å². The van der Waals surface area contributed by atoms with Crippen molar-refractivity contribution in [3.8, 4) is 28.0 Å². The van der Waals surface area contributed by atoms with Gasteiger partial charge in [-0.3, -0.25) is 14.6 Å². The molecule has 0 radical (unpaired) electrons. The number of hydrogen-bond donors (Lipinski definition) is 1. The standard InChI is InChI=1S/C30H30N4O3/c1-4-36-30(35)16-24-8-5-6-11-29(24)37-19-27-26-15-23(12-13-28(26)34(33-27)20(2)3)21-9-7-10-22(14-21)25-17-31-32-18-25/h5-15,17-18,20H,4,16,19H2,1-3H3,(H,31,32). The zero-order chi connectivity index (χ0) is 25.8. The van der Waals surface area contributed by atoms with E-state index in [4.69, 9.17) is 14.6 Å². The van der Waals surface area contributed by atoms with Gasteiger partial charge < -0.3 is 9.47 Å². The molecule has 0 fully saturated rings. The molecule has 0 aliphatic carbocycles. The minimum absolute atomic E-state index is 0.169. The van der Waals surface area contributed by atoms with Crippen LogP contribution in [-0.4, -0.2) is 32.6 Å². The van der Waals surface area contributed by atoms with E-state index in [9.17, 15) is 4.79 Å². The fourth-order valence-corrected chi connectivity index (χ4v) is 4.48. The van der Waals surface area contributed by atoms with Crippen LogP contribution in [0.25, 0.3) is 33.2 Å². The number of rotatable bonds is 9. The number of aromatic nitrogens is 4. The van der Waals surface area contributed by atoms with Gasteiger partial charge in [0.25, 0.3) is 0 Å². The number of ether oxygens (including phenoxy) is 2. The van der Waals surface area contributed by atoms with Gasteiger partial charge in [-0.25, -0.2) is 0 Å². The number of H-pyrrole nitrogens is 1. The fraction of sp³-hybridized carbons (Fsp3) is 0.233. The third-order valence-corrected chi connectivity index (χ3v) is 6.28. The van der Waals surface area contributed by atoms with Crippen LogP contribution in [0.5, 0.6) is 5.75 Å². The number of hydrogen-bond acceptors (Lipinski definition) is 5. The summed E-state index contributed by atoms with van der Waals surface area (Å²) in [7, 11) is 0. The van der Waals surface area contributed by atoms with Gasteiger partial charge >= 0.3 is 5.97 Å². The highest BCUT2D eigenvalue weighted by atomic mass is 16.5. The first kappa shape index (κ1) is 24.3. The lowest BCUT2D eigenvalue weighted by Crippen LogP contribution is -2.09. The van der Waals surface area contributed by atoms with Gasteiger partial charge in [0.2, 0.25) is 0 Å². The number of carbonyl (C=O) groups is 1. The largest absolute Gasteiger partial charge is 0.487 e. The van der Waals surface area contributed by atoms with Crippen LogP contribution in [0.2, 0.25) is 0 Å². The number of fused-ring (bicyclic) bond motifs is 1. The molecule has 2 heterocycles. The van der Waals surface area contributed by atoms with E-state index in [0.29, 0.717) is 12.4 Å². The summed E-state index contributed by atoms with van der Waals surface area (Å²) in [6, 6.07) is 22.6. The zero-order valence-corrected chi connectivity index (χ0v) is 21.3. The smallest absolute Gasteiger partial charge is 0.310 e. The lowest BCUT2D eigenvalue weighted by molar-refractivity contribution is -0.142. The predicted octanol–water partition coefficient (Wildman–Crippen LogP) is 6.36. The van der Waals surface area contributed by atoms with Gasteiger partial charge in [-0.15, -0.1) is 0 Å². The highest BCUT2D eigenvalue weighted by Crippen LogP contribution is 2.31. The molecule has 0 aliphatic heterocycles. The molecule has 0 saturated heterocycles. The second-order valence-electron chi connectivity index (χ2n) is 9.16. The molecule has 37 heavy (non-hydrogen) atoms. The molecule has 5 aromatic rings. The normalized spacial score (nSPS) is 11.2. The Balaban J connectivity index is 1.47. The van der Waals surface area contributed by atoms with Crippen LogP contribution in [0.4, 0.5) is 0 Å². The third-order valence-electron chi connectivity index (χ3n) is 6.28. The lowest BCUT2D eigenvalue weighted by Gasteiger charge is -2.10. The first-order valence-corrected chi connectivity index (χ1v) is 12.5. The van der Waals surface area contributed by atoms with Crippen LogP contribution in [0.1, 0.15) is 38.1 Å². The summed E-state index contributed by atoms with van der Waals surface area (Å²) < 4.78 is 13.4. The van der Waals surface area contributed by atoms with Gasteiger partial charge in [0.15, 0.2) is 0 Å². The van der Waals surface area contributed by atoms with Crippen molar-refractivity contribution in [2.45, 2.75) is 39.8 Å². The minimum Gasteiger partial charge on any atom is -0.487 e. The average molecular weight is 495 g/mol. The molecule has 3 aromatic carbocycles. The van der Waals surface area contributed by atoms with Crippen molar-refractivity contribution in [3.05, 3.63) is 90.4 Å². The molecule has 188 valence electrons. The van der Waals surface area contributed by atoms with E-state index in [1.54, 1.807) is 6.92 Å². The van der Waals surface area contributed by atoms with Crippen LogP contribution in [0, 0.1) is 0 Å². The molecule has 7 heteroatoms. The molecular weight excluding hydrogens is 464 g/mol. The highest BCUT2D eigenvalue weighted by molar-refractivity contribution is 5.88. The van der Waals surface area contributed by atoms with Crippen molar-refractivity contribution in [2.75, 3.05) is 6.61 Å². The van der Waals surface area contributed by atoms with Crippen molar-refractivity contribution >= 4 is 16.9 Å². The summed E-state index contributed by atoms with van der Waals surface area (Å²) in [5.74, 6) is 0.391. The monoisotopic (exact) mass is 494 g/mol. The molecule has 1 N–H and O–H groups in total.